The highest BCUT2D eigenvalue weighted by atomic mass is 16.5. The molecule has 0 amide bonds. The Morgan fingerprint density at radius 3 is 2.76 bits per heavy atom. The fraction of sp³-hybridized carbons (Fsp3) is 0.643. The maximum absolute atomic E-state index is 6.06. The number of piperidine rings is 1. The molecule has 1 unspecified atom stereocenters. The average molecular weight is 290 g/mol. The number of methoxy groups -OCH3 is 1. The van der Waals surface area contributed by atoms with Gasteiger partial charge in [0.2, 0.25) is 11.8 Å². The van der Waals surface area contributed by atoms with E-state index in [0.717, 1.165) is 25.3 Å². The number of anilines is 1. The number of fused-ring (bicyclic) bond motifs is 1. The van der Waals surface area contributed by atoms with Gasteiger partial charge in [0, 0.05) is 12.6 Å². The summed E-state index contributed by atoms with van der Waals surface area (Å²) in [5, 5.41) is 0. The van der Waals surface area contributed by atoms with Crippen LogP contribution in [0.4, 0.5) is 5.95 Å². The van der Waals surface area contributed by atoms with Crippen LogP contribution in [0.5, 0.6) is 5.88 Å². The lowest BCUT2D eigenvalue weighted by atomic mass is 10.1. The van der Waals surface area contributed by atoms with Crippen molar-refractivity contribution in [1.82, 2.24) is 24.4 Å². The Kier molecular flexibility index (Phi) is 3.92. The number of nitrogens with zero attached hydrogens (tertiary/aromatic N) is 5. The first kappa shape index (κ1) is 14.1. The zero-order chi connectivity index (χ0) is 14.8. The second-order valence-electron chi connectivity index (χ2n) is 5.58. The fourth-order valence-corrected chi connectivity index (χ4v) is 3.00. The SMILES string of the molecule is COc1ncnc2c1nc(N)n2CC(C)N1CCCCC1. The molecule has 1 fully saturated rings. The largest absolute Gasteiger partial charge is 0.479 e. The molecule has 7 nitrogen and oxygen atoms in total. The lowest BCUT2D eigenvalue weighted by Gasteiger charge is -2.32. The van der Waals surface area contributed by atoms with Crippen molar-refractivity contribution in [3.05, 3.63) is 6.33 Å². The number of likely N-dealkylation sites (tertiary alicyclic amines) is 1. The van der Waals surface area contributed by atoms with E-state index >= 15 is 0 Å². The molecular weight excluding hydrogens is 268 g/mol. The molecule has 0 aliphatic carbocycles. The van der Waals surface area contributed by atoms with E-state index in [2.05, 4.69) is 26.8 Å². The van der Waals surface area contributed by atoms with Crippen molar-refractivity contribution < 1.29 is 4.74 Å². The van der Waals surface area contributed by atoms with Gasteiger partial charge >= 0.3 is 0 Å². The zero-order valence-corrected chi connectivity index (χ0v) is 12.6. The van der Waals surface area contributed by atoms with Crippen molar-refractivity contribution in [1.29, 1.82) is 0 Å². The Labute approximate surface area is 124 Å². The molecule has 2 aromatic heterocycles. The maximum atomic E-state index is 6.06. The van der Waals surface area contributed by atoms with Crippen molar-refractivity contribution in [2.75, 3.05) is 25.9 Å². The van der Waals surface area contributed by atoms with E-state index in [9.17, 15) is 0 Å². The van der Waals surface area contributed by atoms with Gasteiger partial charge in [-0.3, -0.25) is 9.47 Å². The van der Waals surface area contributed by atoms with Crippen LogP contribution in [-0.4, -0.2) is 50.7 Å². The lowest BCUT2D eigenvalue weighted by molar-refractivity contribution is 0.161. The van der Waals surface area contributed by atoms with Gasteiger partial charge in [-0.25, -0.2) is 9.97 Å². The van der Waals surface area contributed by atoms with Gasteiger partial charge in [0.25, 0.3) is 0 Å². The van der Waals surface area contributed by atoms with Crippen LogP contribution in [0.15, 0.2) is 6.33 Å². The second kappa shape index (κ2) is 5.85. The summed E-state index contributed by atoms with van der Waals surface area (Å²) in [7, 11) is 1.58. The van der Waals surface area contributed by atoms with Crippen LogP contribution in [0.25, 0.3) is 11.2 Å². The molecule has 0 saturated carbocycles. The first-order chi connectivity index (χ1) is 10.2. The molecule has 3 rings (SSSR count). The van der Waals surface area contributed by atoms with Crippen LogP contribution >= 0.6 is 0 Å². The van der Waals surface area contributed by atoms with Crippen molar-refractivity contribution >= 4 is 17.1 Å². The topological polar surface area (TPSA) is 82.1 Å². The highest BCUT2D eigenvalue weighted by molar-refractivity contribution is 5.78. The number of rotatable bonds is 4. The summed E-state index contributed by atoms with van der Waals surface area (Å²) in [5.41, 5.74) is 7.43. The minimum atomic E-state index is 0.408. The van der Waals surface area contributed by atoms with Crippen molar-refractivity contribution in [3.8, 4) is 5.88 Å². The fourth-order valence-electron chi connectivity index (χ4n) is 3.00. The number of hydrogen-bond acceptors (Lipinski definition) is 6. The third-order valence-corrected chi connectivity index (χ3v) is 4.18. The van der Waals surface area contributed by atoms with Gasteiger partial charge in [-0.15, -0.1) is 0 Å². The van der Waals surface area contributed by atoms with Crippen molar-refractivity contribution in [3.63, 3.8) is 0 Å². The predicted molar refractivity (Wildman–Crippen MR) is 81.2 cm³/mol. The lowest BCUT2D eigenvalue weighted by Crippen LogP contribution is -2.39. The minimum absolute atomic E-state index is 0.408. The van der Waals surface area contributed by atoms with E-state index in [0.29, 0.717) is 23.4 Å². The summed E-state index contributed by atoms with van der Waals surface area (Å²) in [4.78, 5) is 15.3. The number of imidazole rings is 1. The Hall–Kier alpha value is -1.89. The molecule has 7 heteroatoms. The van der Waals surface area contributed by atoms with Crippen LogP contribution in [-0.2, 0) is 6.54 Å². The number of hydrogen-bond donors (Lipinski definition) is 1. The molecule has 0 bridgehead atoms. The second-order valence-corrected chi connectivity index (χ2v) is 5.58. The van der Waals surface area contributed by atoms with Gasteiger partial charge in [0.05, 0.1) is 7.11 Å². The molecule has 1 aliphatic rings. The van der Waals surface area contributed by atoms with Gasteiger partial charge in [0.1, 0.15) is 6.33 Å². The summed E-state index contributed by atoms with van der Waals surface area (Å²) in [6.07, 6.45) is 5.38. The summed E-state index contributed by atoms with van der Waals surface area (Å²) >= 11 is 0. The third kappa shape index (κ3) is 2.65. The number of aromatic nitrogens is 4. The highest BCUT2D eigenvalue weighted by Crippen LogP contribution is 2.24. The molecule has 0 radical (unpaired) electrons. The average Bonchev–Trinajstić information content (AvgIpc) is 2.84. The van der Waals surface area contributed by atoms with Crippen LogP contribution < -0.4 is 10.5 Å². The quantitative estimate of drug-likeness (QED) is 0.913. The van der Waals surface area contributed by atoms with E-state index in [1.807, 2.05) is 4.57 Å². The van der Waals surface area contributed by atoms with Crippen LogP contribution in [0.3, 0.4) is 0 Å². The molecule has 1 saturated heterocycles. The predicted octanol–water partition coefficient (Wildman–Crippen LogP) is 1.29. The number of nitrogens with two attached hydrogens (primary N) is 1. The van der Waals surface area contributed by atoms with Gasteiger partial charge < -0.3 is 10.5 Å². The standard InChI is InChI=1S/C14H22N6O/c1-10(19-6-4-3-5-7-19)8-20-12-11(18-14(20)15)13(21-2)17-9-16-12/h9-10H,3-8H2,1-2H3,(H2,15,18). The molecule has 2 aromatic rings. The zero-order valence-electron chi connectivity index (χ0n) is 12.6. The van der Waals surface area contributed by atoms with E-state index in [1.54, 1.807) is 7.11 Å². The van der Waals surface area contributed by atoms with E-state index in [4.69, 9.17) is 10.5 Å². The Balaban J connectivity index is 1.88. The Morgan fingerprint density at radius 1 is 1.29 bits per heavy atom. The summed E-state index contributed by atoms with van der Waals surface area (Å²) in [6, 6.07) is 0.408. The van der Waals surface area contributed by atoms with Crippen molar-refractivity contribution in [2.45, 2.75) is 38.8 Å². The summed E-state index contributed by atoms with van der Waals surface area (Å²) in [5.74, 6) is 0.934. The summed E-state index contributed by atoms with van der Waals surface area (Å²) in [6.45, 7) is 5.33. The van der Waals surface area contributed by atoms with Gasteiger partial charge in [-0.2, -0.15) is 4.98 Å². The normalized spacial score (nSPS) is 18.0. The molecule has 114 valence electrons. The smallest absolute Gasteiger partial charge is 0.245 e. The van der Waals surface area contributed by atoms with Gasteiger partial charge in [-0.05, 0) is 32.9 Å². The van der Waals surface area contributed by atoms with E-state index in [-0.39, 0.29) is 0 Å². The van der Waals surface area contributed by atoms with E-state index in [1.165, 1.54) is 25.6 Å². The van der Waals surface area contributed by atoms with Crippen LogP contribution in [0.2, 0.25) is 0 Å². The summed E-state index contributed by atoms with van der Waals surface area (Å²) < 4.78 is 7.18. The molecule has 21 heavy (non-hydrogen) atoms. The molecule has 0 aromatic carbocycles. The number of ether oxygens (including phenoxy) is 1. The minimum Gasteiger partial charge on any atom is -0.479 e. The highest BCUT2D eigenvalue weighted by Gasteiger charge is 2.20. The third-order valence-electron chi connectivity index (χ3n) is 4.18. The maximum Gasteiger partial charge on any atom is 0.245 e. The van der Waals surface area contributed by atoms with Crippen LogP contribution in [0, 0.1) is 0 Å². The van der Waals surface area contributed by atoms with Gasteiger partial charge in [-0.1, -0.05) is 6.42 Å². The van der Waals surface area contributed by atoms with Crippen molar-refractivity contribution in [2.24, 2.45) is 0 Å². The Morgan fingerprint density at radius 2 is 2.05 bits per heavy atom. The molecule has 2 N–H and O–H groups in total. The Bertz CT molecular complexity index is 619. The van der Waals surface area contributed by atoms with E-state index < -0.39 is 0 Å². The first-order valence-corrected chi connectivity index (χ1v) is 7.45. The molecular formula is C14H22N6O. The first-order valence-electron chi connectivity index (χ1n) is 7.45. The molecule has 1 aliphatic heterocycles. The number of nitrogen functional groups attached to an aromatic ring is 1. The molecule has 3 heterocycles. The molecule has 0 spiro atoms. The van der Waals surface area contributed by atoms with Crippen LogP contribution in [0.1, 0.15) is 26.2 Å². The van der Waals surface area contributed by atoms with Gasteiger partial charge in [0.15, 0.2) is 11.2 Å². The molecule has 1 atom stereocenters. The monoisotopic (exact) mass is 290 g/mol.